The van der Waals surface area contributed by atoms with Crippen LogP contribution in [0.15, 0.2) is 41.2 Å². The normalized spacial score (nSPS) is 16.0. The molecule has 1 aliphatic heterocycles. The molecule has 1 aromatic rings. The summed E-state index contributed by atoms with van der Waals surface area (Å²) in [5, 5.41) is 0.513. The molecule has 0 aliphatic carbocycles. The Balaban J connectivity index is 2.36. The first kappa shape index (κ1) is 20.6. The highest BCUT2D eigenvalue weighted by Gasteiger charge is 2.33. The number of thiol groups is 1. The second-order valence-electron chi connectivity index (χ2n) is 5.94. The topological polar surface area (TPSA) is 55.8 Å². The molecule has 1 aromatic carbocycles. The molecule has 0 fully saturated rings. The van der Waals surface area contributed by atoms with Gasteiger partial charge in [-0.1, -0.05) is 35.4 Å². The number of ether oxygens (including phenoxy) is 2. The Hall–Kier alpha value is -1.72. The first-order valence-corrected chi connectivity index (χ1v) is 9.21. The lowest BCUT2D eigenvalue weighted by atomic mass is 9.95. The fraction of sp³-hybridized carbons (Fsp3) is 0.421. The number of carbonyl (C=O) groups is 1. The molecule has 0 radical (unpaired) electrons. The van der Waals surface area contributed by atoms with E-state index in [0.717, 1.165) is 17.6 Å². The van der Waals surface area contributed by atoms with Crippen LogP contribution < -0.4 is 0 Å². The van der Waals surface area contributed by atoms with Gasteiger partial charge in [0.1, 0.15) is 6.04 Å². The molecule has 140 valence electrons. The quantitative estimate of drug-likeness (QED) is 0.252. The van der Waals surface area contributed by atoms with Crippen LogP contribution in [0.4, 0.5) is 0 Å². The number of carbonyl (C=O) groups excluding carboxylic acids is 2. The Morgan fingerprint density at radius 3 is 2.62 bits per heavy atom. The fourth-order valence-electron chi connectivity index (χ4n) is 3.11. The summed E-state index contributed by atoms with van der Waals surface area (Å²) in [6.45, 7) is 1.16. The predicted molar refractivity (Wildman–Crippen MR) is 104 cm³/mol. The van der Waals surface area contributed by atoms with Crippen molar-refractivity contribution in [2.75, 3.05) is 33.1 Å². The van der Waals surface area contributed by atoms with Gasteiger partial charge in [-0.25, -0.2) is 9.59 Å². The van der Waals surface area contributed by atoms with Gasteiger partial charge >= 0.3 is 5.97 Å². The Bertz CT molecular complexity index is 743. The summed E-state index contributed by atoms with van der Waals surface area (Å²) >= 11 is 10.7. The van der Waals surface area contributed by atoms with Crippen LogP contribution in [0.2, 0.25) is 5.02 Å². The lowest BCUT2D eigenvalue weighted by Crippen LogP contribution is -2.40. The molecule has 0 aromatic heterocycles. The number of rotatable bonds is 7. The van der Waals surface area contributed by atoms with Gasteiger partial charge in [0.25, 0.3) is 0 Å². The Labute approximate surface area is 164 Å². The zero-order chi connectivity index (χ0) is 19.1. The highest BCUT2D eigenvalue weighted by atomic mass is 35.5. The van der Waals surface area contributed by atoms with Crippen molar-refractivity contribution in [2.45, 2.75) is 18.9 Å². The first-order chi connectivity index (χ1) is 12.5. The number of hydrogen-bond acceptors (Lipinski definition) is 6. The third kappa shape index (κ3) is 4.71. The molecule has 0 saturated heterocycles. The van der Waals surface area contributed by atoms with E-state index in [1.807, 2.05) is 29.0 Å². The maximum atomic E-state index is 12.5. The molecule has 7 heteroatoms. The minimum atomic E-state index is -0.614. The van der Waals surface area contributed by atoms with Crippen molar-refractivity contribution in [2.24, 2.45) is 0 Å². The van der Waals surface area contributed by atoms with Crippen LogP contribution in [0, 0.1) is 0 Å². The molecule has 1 atom stereocenters. The number of esters is 1. The predicted octanol–water partition coefficient (Wildman–Crippen LogP) is 3.24. The second kappa shape index (κ2) is 9.83. The van der Waals surface area contributed by atoms with Crippen LogP contribution in [-0.2, 0) is 19.1 Å². The van der Waals surface area contributed by atoms with Crippen molar-refractivity contribution in [1.29, 1.82) is 0 Å². The van der Waals surface area contributed by atoms with E-state index in [4.69, 9.17) is 21.1 Å². The van der Waals surface area contributed by atoms with Crippen LogP contribution in [0.3, 0.4) is 0 Å². The van der Waals surface area contributed by atoms with Gasteiger partial charge in [-0.3, -0.25) is 4.90 Å². The molecular weight excluding hydrogens is 374 g/mol. The molecule has 0 unspecified atom stereocenters. The van der Waals surface area contributed by atoms with Crippen LogP contribution >= 0.6 is 24.2 Å². The van der Waals surface area contributed by atoms with E-state index in [1.165, 1.54) is 14.2 Å². The molecule has 0 saturated carbocycles. The summed E-state index contributed by atoms with van der Waals surface area (Å²) < 4.78 is 10.1. The molecule has 26 heavy (non-hydrogen) atoms. The minimum absolute atomic E-state index is 0.230. The number of methoxy groups -OCH3 is 2. The van der Waals surface area contributed by atoms with Gasteiger partial charge in [0.05, 0.1) is 14.2 Å². The lowest BCUT2D eigenvalue weighted by Gasteiger charge is -2.35. The van der Waals surface area contributed by atoms with Gasteiger partial charge in [-0.2, -0.15) is 12.6 Å². The average Bonchev–Trinajstić information content (AvgIpc) is 2.67. The zero-order valence-electron chi connectivity index (χ0n) is 14.8. The monoisotopic (exact) mass is 395 g/mol. The molecule has 5 nitrogen and oxygen atoms in total. The van der Waals surface area contributed by atoms with Crippen molar-refractivity contribution < 1.29 is 19.1 Å². The molecule has 0 amide bonds. The Morgan fingerprint density at radius 2 is 2.04 bits per heavy atom. The summed E-state index contributed by atoms with van der Waals surface area (Å²) in [5.74, 6) is 2.27. The number of nitrogens with zero attached hydrogens (tertiary/aromatic N) is 1. The van der Waals surface area contributed by atoms with E-state index < -0.39 is 6.04 Å². The van der Waals surface area contributed by atoms with Crippen LogP contribution in [0.1, 0.15) is 24.4 Å². The summed E-state index contributed by atoms with van der Waals surface area (Å²) in [4.78, 5) is 25.5. The van der Waals surface area contributed by atoms with Crippen molar-refractivity contribution in [1.82, 2.24) is 4.90 Å². The van der Waals surface area contributed by atoms with Crippen LogP contribution in [-0.4, -0.2) is 49.9 Å². The summed E-state index contributed by atoms with van der Waals surface area (Å²) in [7, 11) is 2.81. The second-order valence-corrected chi connectivity index (χ2v) is 6.66. The van der Waals surface area contributed by atoms with Crippen molar-refractivity contribution in [3.05, 3.63) is 51.8 Å². The molecule has 1 heterocycles. The largest absolute Gasteiger partial charge is 0.489 e. The number of benzene rings is 1. The molecule has 1 aliphatic rings. The third-order valence-corrected chi connectivity index (χ3v) is 5.24. The molecule has 2 rings (SSSR count). The molecular formula is C19H22ClNO4S. The van der Waals surface area contributed by atoms with Gasteiger partial charge in [0.2, 0.25) is 0 Å². The SMILES string of the molecule is COC(=O)[C@H](c1ccccc1Cl)N1CCC(CS)=C(CC(=C=O)OC)C1. The van der Waals surface area contributed by atoms with Crippen molar-refractivity contribution in [3.8, 4) is 0 Å². The standard InChI is InChI=1S/C19H22ClNO4S/c1-24-15(11-22)9-14-10-21(8-7-13(14)12-26)18(19(23)25-2)16-5-3-4-6-17(16)20/h3-6,18,26H,7-10,12H2,1-2H3/t18-/m0/s1. The molecule has 0 N–H and O–H groups in total. The van der Waals surface area contributed by atoms with Gasteiger partial charge in [-0.15, -0.1) is 0 Å². The van der Waals surface area contributed by atoms with Gasteiger partial charge in [-0.05, 0) is 23.6 Å². The van der Waals surface area contributed by atoms with Crippen LogP contribution in [0.25, 0.3) is 0 Å². The smallest absolute Gasteiger partial charge is 0.327 e. The van der Waals surface area contributed by atoms with E-state index in [1.54, 1.807) is 6.07 Å². The van der Waals surface area contributed by atoms with Crippen molar-refractivity contribution >= 4 is 36.1 Å². The van der Waals surface area contributed by atoms with E-state index in [0.29, 0.717) is 35.8 Å². The summed E-state index contributed by atoms with van der Waals surface area (Å²) in [6, 6.07) is 6.63. The van der Waals surface area contributed by atoms with E-state index in [-0.39, 0.29) is 11.7 Å². The first-order valence-electron chi connectivity index (χ1n) is 8.20. The van der Waals surface area contributed by atoms with Gasteiger partial charge < -0.3 is 9.47 Å². The average molecular weight is 396 g/mol. The van der Waals surface area contributed by atoms with E-state index in [9.17, 15) is 9.59 Å². The number of hydrogen-bond donors (Lipinski definition) is 1. The maximum absolute atomic E-state index is 12.5. The fourth-order valence-corrected chi connectivity index (χ4v) is 3.73. The van der Waals surface area contributed by atoms with Crippen LogP contribution in [0.5, 0.6) is 0 Å². The summed E-state index contributed by atoms with van der Waals surface area (Å²) in [6.07, 6.45) is 1.09. The van der Waals surface area contributed by atoms with E-state index >= 15 is 0 Å². The minimum Gasteiger partial charge on any atom is -0.489 e. The summed E-state index contributed by atoms with van der Waals surface area (Å²) in [5.41, 5.74) is 2.86. The highest BCUT2D eigenvalue weighted by molar-refractivity contribution is 7.80. The lowest BCUT2D eigenvalue weighted by molar-refractivity contribution is -0.147. The van der Waals surface area contributed by atoms with Gasteiger partial charge in [0, 0.05) is 30.3 Å². The highest BCUT2D eigenvalue weighted by Crippen LogP contribution is 2.33. The molecule has 0 bridgehead atoms. The Morgan fingerprint density at radius 1 is 1.31 bits per heavy atom. The number of allylic oxidation sites excluding steroid dienone is 1. The maximum Gasteiger partial charge on any atom is 0.327 e. The number of halogens is 1. The van der Waals surface area contributed by atoms with Gasteiger partial charge in [0.15, 0.2) is 11.7 Å². The van der Waals surface area contributed by atoms with E-state index in [2.05, 4.69) is 12.6 Å². The zero-order valence-corrected chi connectivity index (χ0v) is 16.5. The van der Waals surface area contributed by atoms with Crippen molar-refractivity contribution in [3.63, 3.8) is 0 Å². The third-order valence-electron chi connectivity index (χ3n) is 4.51. The Kier molecular flexibility index (Phi) is 7.79. The molecule has 0 spiro atoms.